The molecule has 6 heteroatoms. The van der Waals surface area contributed by atoms with Gasteiger partial charge in [-0.05, 0) is 84.2 Å². The fourth-order valence-electron chi connectivity index (χ4n) is 6.99. The number of furan rings is 1. The van der Waals surface area contributed by atoms with Crippen LogP contribution in [0.5, 0.6) is 0 Å². The Hall–Kier alpha value is -3.57. The minimum absolute atomic E-state index is 0. The molecule has 0 fully saturated rings. The van der Waals surface area contributed by atoms with E-state index in [1.54, 1.807) is 11.3 Å². The van der Waals surface area contributed by atoms with Crippen molar-refractivity contribution in [3.05, 3.63) is 101 Å². The van der Waals surface area contributed by atoms with Crippen LogP contribution in [0, 0.1) is 29.7 Å². The zero-order valence-corrected chi connectivity index (χ0v) is 38.2. The molecule has 0 bridgehead atoms. The Bertz CT molecular complexity index is 2290. The first kappa shape index (κ1) is 44.1. The maximum Gasteiger partial charge on any atom is 0.164 e. The van der Waals surface area contributed by atoms with E-state index < -0.39 is 0 Å². The summed E-state index contributed by atoms with van der Waals surface area (Å²) in [7, 11) is 0. The molecule has 0 saturated carbocycles. The van der Waals surface area contributed by atoms with Crippen molar-refractivity contribution in [2.45, 2.75) is 121 Å². The molecule has 0 aliphatic heterocycles. The van der Waals surface area contributed by atoms with Crippen LogP contribution < -0.4 is 0 Å². The number of fused-ring (bicyclic) bond motifs is 3. The third kappa shape index (κ3) is 9.36. The Morgan fingerprint density at radius 2 is 1.55 bits per heavy atom. The minimum Gasteiger partial charge on any atom is -0.512 e. The molecule has 295 valence electrons. The van der Waals surface area contributed by atoms with Gasteiger partial charge in [-0.15, -0.1) is 40.5 Å². The van der Waals surface area contributed by atoms with Crippen LogP contribution in [0.3, 0.4) is 0 Å². The van der Waals surface area contributed by atoms with Gasteiger partial charge in [0.1, 0.15) is 17.1 Å². The van der Waals surface area contributed by atoms with Crippen molar-refractivity contribution in [2.24, 2.45) is 16.7 Å². The molecule has 1 N–H and O–H groups in total. The number of aliphatic hydroxyl groups is 1. The second kappa shape index (κ2) is 17.7. The number of aliphatic hydroxyl groups excluding tert-OH is 1. The Morgan fingerprint density at radius 3 is 2.16 bits per heavy atom. The SMILES string of the molecule is CCC(C)(CC)C(=O)/C=C(\O)C(C)(CC)CC.Cc1c(CC(C)C)oc2ccc(-c3cc(-c4[c-]c5ccccc5c(C(C)(C)C)c4)nc4ccsc34)cc12.[Ir]. The van der Waals surface area contributed by atoms with E-state index in [1.165, 1.54) is 43.8 Å². The largest absolute Gasteiger partial charge is 0.512 e. The third-order valence-electron chi connectivity index (χ3n) is 11.8. The van der Waals surface area contributed by atoms with E-state index in [2.05, 4.69) is 114 Å². The number of ketones is 1. The average Bonchev–Trinajstić information content (AvgIpc) is 3.76. The van der Waals surface area contributed by atoms with Gasteiger partial charge >= 0.3 is 0 Å². The van der Waals surface area contributed by atoms with Crippen molar-refractivity contribution < 1.29 is 34.4 Å². The Balaban J connectivity index is 0.000000320. The summed E-state index contributed by atoms with van der Waals surface area (Å²) < 4.78 is 7.45. The van der Waals surface area contributed by atoms with Crippen LogP contribution in [0.25, 0.3) is 54.3 Å². The second-order valence-electron chi connectivity index (χ2n) is 17.0. The predicted octanol–water partition coefficient (Wildman–Crippen LogP) is 14.8. The summed E-state index contributed by atoms with van der Waals surface area (Å²) in [6.07, 6.45) is 5.71. The van der Waals surface area contributed by atoms with Crippen LogP contribution in [-0.2, 0) is 36.7 Å². The number of benzene rings is 3. The number of thiophene rings is 1. The van der Waals surface area contributed by atoms with E-state index in [1.807, 2.05) is 41.5 Å². The molecule has 0 aliphatic carbocycles. The molecule has 0 aliphatic rings. The number of pyridine rings is 1. The zero-order valence-electron chi connectivity index (χ0n) is 35.0. The summed E-state index contributed by atoms with van der Waals surface area (Å²) in [6.45, 7) is 25.6. The summed E-state index contributed by atoms with van der Waals surface area (Å²) in [4.78, 5) is 17.3. The van der Waals surface area contributed by atoms with Gasteiger partial charge in [0, 0.05) is 54.5 Å². The van der Waals surface area contributed by atoms with Crippen LogP contribution in [0.15, 0.2) is 82.3 Å². The summed E-state index contributed by atoms with van der Waals surface area (Å²) in [5.74, 6) is 1.94. The number of allylic oxidation sites excluding steroid dienone is 2. The zero-order chi connectivity index (χ0) is 39.6. The number of aromatic nitrogens is 1. The Morgan fingerprint density at radius 1 is 0.891 bits per heavy atom. The van der Waals surface area contributed by atoms with Crippen molar-refractivity contribution in [1.29, 1.82) is 0 Å². The number of hydrogen-bond acceptors (Lipinski definition) is 5. The van der Waals surface area contributed by atoms with Crippen molar-refractivity contribution in [3.8, 4) is 22.4 Å². The number of rotatable bonds is 11. The first-order chi connectivity index (χ1) is 25.5. The van der Waals surface area contributed by atoms with Gasteiger partial charge in [0.15, 0.2) is 5.78 Å². The molecule has 6 aromatic rings. The van der Waals surface area contributed by atoms with E-state index >= 15 is 0 Å². The first-order valence-corrected chi connectivity index (χ1v) is 20.7. The van der Waals surface area contributed by atoms with Gasteiger partial charge in [0.2, 0.25) is 0 Å². The average molecular weight is 935 g/mol. The fourth-order valence-corrected chi connectivity index (χ4v) is 7.86. The number of nitrogens with zero attached hydrogens (tertiary/aromatic N) is 1. The van der Waals surface area contributed by atoms with Gasteiger partial charge in [-0.25, -0.2) is 0 Å². The molecule has 3 aromatic heterocycles. The summed E-state index contributed by atoms with van der Waals surface area (Å²) >= 11 is 1.75. The smallest absolute Gasteiger partial charge is 0.164 e. The number of carbonyl (C=O) groups is 1. The van der Waals surface area contributed by atoms with Gasteiger partial charge in [-0.1, -0.05) is 117 Å². The molecule has 0 unspecified atom stereocenters. The number of carbonyl (C=O) groups excluding carboxylic acids is 1. The molecule has 0 amide bonds. The van der Waals surface area contributed by atoms with Crippen molar-refractivity contribution >= 4 is 49.1 Å². The maximum absolute atomic E-state index is 12.2. The van der Waals surface area contributed by atoms with Crippen molar-refractivity contribution in [2.75, 3.05) is 0 Å². The standard InChI is InChI=1S/C34H32NOS.C15H28O2.Ir/c1-20(2)15-32-21(3)26-17-23(11-12-31(26)36-32)27-19-30(35-29-13-14-37-33(27)29)24-16-22-9-7-8-10-25(22)28(18-24)34(4,5)6;1-7-14(5,8-2)12(16)11-13(17)15(6,9-3)10-4;/h7-14,17-20H,15H2,1-6H3;11,16H,7-10H2,1-6H3;/q-1;;/b;12-11-;. The van der Waals surface area contributed by atoms with Crippen molar-refractivity contribution in [3.63, 3.8) is 0 Å². The van der Waals surface area contributed by atoms with Gasteiger partial charge < -0.3 is 9.52 Å². The van der Waals surface area contributed by atoms with Gasteiger partial charge in [0.05, 0.1) is 10.2 Å². The molecule has 6 rings (SSSR count). The summed E-state index contributed by atoms with van der Waals surface area (Å²) in [6, 6.07) is 25.5. The molecular formula is C49H60IrNO3S-. The van der Waals surface area contributed by atoms with Crippen LogP contribution in [0.2, 0.25) is 0 Å². The van der Waals surface area contributed by atoms with E-state index in [-0.39, 0.29) is 47.9 Å². The van der Waals surface area contributed by atoms with Crippen LogP contribution in [0.4, 0.5) is 0 Å². The molecule has 0 saturated heterocycles. The molecule has 3 heterocycles. The summed E-state index contributed by atoms with van der Waals surface area (Å²) in [5.41, 5.74) is 8.37. The predicted molar refractivity (Wildman–Crippen MR) is 232 cm³/mol. The molecule has 55 heavy (non-hydrogen) atoms. The summed E-state index contributed by atoms with van der Waals surface area (Å²) in [5, 5.41) is 15.9. The second-order valence-corrected chi connectivity index (χ2v) is 17.9. The van der Waals surface area contributed by atoms with E-state index in [4.69, 9.17) is 9.40 Å². The van der Waals surface area contributed by atoms with E-state index in [0.717, 1.165) is 65.6 Å². The molecular weight excluding hydrogens is 875 g/mol. The number of aryl methyl sites for hydroxylation is 1. The Kier molecular flexibility index (Phi) is 14.2. The van der Waals surface area contributed by atoms with Crippen LogP contribution >= 0.6 is 11.3 Å². The fraction of sp³-hybridized carbons (Fsp3) is 0.429. The van der Waals surface area contributed by atoms with Gasteiger partial charge in [0.25, 0.3) is 0 Å². The molecule has 1 radical (unpaired) electrons. The van der Waals surface area contributed by atoms with Crippen molar-refractivity contribution in [1.82, 2.24) is 4.98 Å². The van der Waals surface area contributed by atoms with Gasteiger partial charge in [-0.2, -0.15) is 0 Å². The molecule has 3 aromatic carbocycles. The first-order valence-electron chi connectivity index (χ1n) is 19.8. The molecule has 0 atom stereocenters. The Labute approximate surface area is 347 Å². The quantitative estimate of drug-likeness (QED) is 0.0799. The van der Waals surface area contributed by atoms with Gasteiger partial charge in [-0.3, -0.25) is 9.78 Å². The molecule has 0 spiro atoms. The molecule has 4 nitrogen and oxygen atoms in total. The minimum atomic E-state index is -0.337. The van der Waals surface area contributed by atoms with E-state index in [9.17, 15) is 9.90 Å². The topological polar surface area (TPSA) is 63.3 Å². The maximum atomic E-state index is 12.2. The van der Waals surface area contributed by atoms with Crippen LogP contribution in [0.1, 0.15) is 119 Å². The number of hydrogen-bond donors (Lipinski definition) is 1. The van der Waals surface area contributed by atoms with Crippen LogP contribution in [-0.4, -0.2) is 15.9 Å². The monoisotopic (exact) mass is 935 g/mol. The third-order valence-corrected chi connectivity index (χ3v) is 12.7. The van der Waals surface area contributed by atoms with E-state index in [0.29, 0.717) is 5.92 Å². The normalized spacial score (nSPS) is 12.6.